The van der Waals surface area contributed by atoms with Crippen molar-refractivity contribution in [2.45, 2.75) is 32.1 Å². The highest BCUT2D eigenvalue weighted by Gasteiger charge is 2.46. The van der Waals surface area contributed by atoms with Crippen LogP contribution in [0.5, 0.6) is 0 Å². The van der Waals surface area contributed by atoms with Crippen LogP contribution in [0.2, 0.25) is 0 Å². The second-order valence-electron chi connectivity index (χ2n) is 4.21. The molecule has 2 amide bonds. The van der Waals surface area contributed by atoms with Crippen LogP contribution in [0, 0.1) is 16.7 Å². The monoisotopic (exact) mass is 192 g/mol. The van der Waals surface area contributed by atoms with Crippen LogP contribution in [0.4, 0.5) is 0 Å². The summed E-state index contributed by atoms with van der Waals surface area (Å²) in [6, 6.07) is 2.12. The van der Waals surface area contributed by atoms with Crippen molar-refractivity contribution >= 4 is 11.8 Å². The summed E-state index contributed by atoms with van der Waals surface area (Å²) in [4.78, 5) is 24.0. The first kappa shape index (κ1) is 9.20. The molecule has 14 heavy (non-hydrogen) atoms. The van der Waals surface area contributed by atoms with E-state index in [-0.39, 0.29) is 17.2 Å². The molecular weight excluding hydrogens is 180 g/mol. The lowest BCUT2D eigenvalue weighted by molar-refractivity contribution is -0.139. The second-order valence-corrected chi connectivity index (χ2v) is 4.21. The summed E-state index contributed by atoms with van der Waals surface area (Å²) in [6.07, 6.45) is 3.10. The van der Waals surface area contributed by atoms with E-state index in [2.05, 4.69) is 6.07 Å². The van der Waals surface area contributed by atoms with Gasteiger partial charge in [-0.1, -0.05) is 0 Å². The van der Waals surface area contributed by atoms with Gasteiger partial charge < -0.3 is 0 Å². The van der Waals surface area contributed by atoms with Crippen LogP contribution in [-0.2, 0) is 9.59 Å². The van der Waals surface area contributed by atoms with Gasteiger partial charge >= 0.3 is 0 Å². The lowest BCUT2D eigenvalue weighted by Gasteiger charge is -2.19. The van der Waals surface area contributed by atoms with E-state index in [1.807, 2.05) is 0 Å². The highest BCUT2D eigenvalue weighted by Crippen LogP contribution is 2.49. The minimum Gasteiger partial charge on any atom is -0.282 e. The van der Waals surface area contributed by atoms with Gasteiger partial charge in [0.25, 0.3) is 0 Å². The molecule has 2 aliphatic rings. The van der Waals surface area contributed by atoms with Gasteiger partial charge in [0.1, 0.15) is 0 Å². The fraction of sp³-hybridized carbons (Fsp3) is 0.700. The maximum absolute atomic E-state index is 11.3. The van der Waals surface area contributed by atoms with Crippen molar-refractivity contribution in [3.05, 3.63) is 0 Å². The number of carbonyl (C=O) groups excluding carboxylic acids is 2. The van der Waals surface area contributed by atoms with E-state index in [0.717, 1.165) is 12.8 Å². The predicted octanol–water partition coefficient (Wildman–Crippen LogP) is 0.829. The van der Waals surface area contributed by atoms with Crippen LogP contribution < -0.4 is 0 Å². The Morgan fingerprint density at radius 1 is 1.29 bits per heavy atom. The first-order valence-corrected chi connectivity index (χ1v) is 4.87. The molecule has 0 spiro atoms. The molecule has 0 N–H and O–H groups in total. The van der Waals surface area contributed by atoms with Crippen molar-refractivity contribution in [2.75, 3.05) is 6.54 Å². The molecule has 2 rings (SSSR count). The molecule has 1 saturated heterocycles. The van der Waals surface area contributed by atoms with Crippen LogP contribution in [-0.4, -0.2) is 23.3 Å². The summed E-state index contributed by atoms with van der Waals surface area (Å²) in [5.41, 5.74) is -0.0512. The zero-order chi connectivity index (χ0) is 10.2. The molecule has 1 saturated carbocycles. The van der Waals surface area contributed by atoms with Gasteiger partial charge in [-0.25, -0.2) is 0 Å². The number of likely N-dealkylation sites (tertiary alicyclic amines) is 1. The third-order valence-electron chi connectivity index (χ3n) is 3.06. The maximum Gasteiger partial charge on any atom is 0.229 e. The van der Waals surface area contributed by atoms with Gasteiger partial charge in [0.15, 0.2) is 0 Å². The van der Waals surface area contributed by atoms with Gasteiger partial charge in [-0.05, 0) is 12.8 Å². The largest absolute Gasteiger partial charge is 0.282 e. The van der Waals surface area contributed by atoms with E-state index in [9.17, 15) is 9.59 Å². The Kier molecular flexibility index (Phi) is 2.03. The molecule has 2 fully saturated rings. The highest BCUT2D eigenvalue weighted by atomic mass is 16.2. The molecule has 4 nitrogen and oxygen atoms in total. The van der Waals surface area contributed by atoms with Gasteiger partial charge in [-0.15, -0.1) is 0 Å². The van der Waals surface area contributed by atoms with Crippen molar-refractivity contribution < 1.29 is 9.59 Å². The van der Waals surface area contributed by atoms with E-state index >= 15 is 0 Å². The van der Waals surface area contributed by atoms with E-state index in [1.165, 1.54) is 4.90 Å². The SMILES string of the molecule is N#CCC1(CN2C(=O)CCC2=O)CC1. The summed E-state index contributed by atoms with van der Waals surface area (Å²) in [5.74, 6) is -0.140. The Labute approximate surface area is 82.5 Å². The average Bonchev–Trinajstić information content (AvgIpc) is 2.84. The van der Waals surface area contributed by atoms with Gasteiger partial charge in [-0.3, -0.25) is 14.5 Å². The third kappa shape index (κ3) is 1.50. The number of amides is 2. The van der Waals surface area contributed by atoms with Crippen molar-refractivity contribution in [1.29, 1.82) is 5.26 Å². The quantitative estimate of drug-likeness (QED) is 0.622. The van der Waals surface area contributed by atoms with Crippen molar-refractivity contribution in [3.8, 4) is 6.07 Å². The number of nitrogens with zero attached hydrogens (tertiary/aromatic N) is 2. The molecule has 4 heteroatoms. The molecule has 0 aromatic carbocycles. The van der Waals surface area contributed by atoms with Crippen molar-refractivity contribution in [1.82, 2.24) is 4.90 Å². The molecule has 0 aromatic heterocycles. The minimum atomic E-state index is -0.0702. The van der Waals surface area contributed by atoms with E-state index in [0.29, 0.717) is 25.8 Å². The molecular formula is C10H12N2O2. The van der Waals surface area contributed by atoms with Crippen LogP contribution in [0.15, 0.2) is 0 Å². The van der Waals surface area contributed by atoms with Crippen molar-refractivity contribution in [2.24, 2.45) is 5.41 Å². The standard InChI is InChI=1S/C10H12N2O2/c11-6-5-10(3-4-10)7-12-8(13)1-2-9(12)14/h1-5,7H2. The summed E-state index contributed by atoms with van der Waals surface area (Å²) < 4.78 is 0. The Morgan fingerprint density at radius 3 is 2.29 bits per heavy atom. The van der Waals surface area contributed by atoms with Gasteiger partial charge in [0, 0.05) is 31.2 Å². The zero-order valence-corrected chi connectivity index (χ0v) is 7.95. The molecule has 0 bridgehead atoms. The molecule has 0 aromatic rings. The Hall–Kier alpha value is -1.37. The smallest absolute Gasteiger partial charge is 0.229 e. The predicted molar refractivity (Wildman–Crippen MR) is 47.9 cm³/mol. The van der Waals surface area contributed by atoms with Gasteiger partial charge in [0.2, 0.25) is 11.8 Å². The molecule has 1 aliphatic carbocycles. The Balaban J connectivity index is 2.00. The topological polar surface area (TPSA) is 61.2 Å². The summed E-state index contributed by atoms with van der Waals surface area (Å²) in [6.45, 7) is 0.470. The first-order chi connectivity index (χ1) is 6.67. The fourth-order valence-electron chi connectivity index (χ4n) is 1.87. The van der Waals surface area contributed by atoms with E-state index in [1.54, 1.807) is 0 Å². The van der Waals surface area contributed by atoms with Crippen LogP contribution in [0.25, 0.3) is 0 Å². The highest BCUT2D eigenvalue weighted by molar-refractivity contribution is 6.02. The molecule has 0 unspecified atom stereocenters. The van der Waals surface area contributed by atoms with Crippen LogP contribution >= 0.6 is 0 Å². The number of nitriles is 1. The lowest BCUT2D eigenvalue weighted by Crippen LogP contribution is -2.34. The number of imide groups is 1. The summed E-state index contributed by atoms with van der Waals surface area (Å²) >= 11 is 0. The van der Waals surface area contributed by atoms with Crippen LogP contribution in [0.3, 0.4) is 0 Å². The van der Waals surface area contributed by atoms with E-state index < -0.39 is 0 Å². The maximum atomic E-state index is 11.3. The lowest BCUT2D eigenvalue weighted by atomic mass is 10.0. The normalized spacial score (nSPS) is 23.8. The summed E-state index contributed by atoms with van der Waals surface area (Å²) in [7, 11) is 0. The van der Waals surface area contributed by atoms with E-state index in [4.69, 9.17) is 5.26 Å². The Morgan fingerprint density at radius 2 is 1.86 bits per heavy atom. The average molecular weight is 192 g/mol. The molecule has 0 radical (unpaired) electrons. The number of carbonyl (C=O) groups is 2. The van der Waals surface area contributed by atoms with Gasteiger partial charge in [-0.2, -0.15) is 5.26 Å². The zero-order valence-electron chi connectivity index (χ0n) is 7.95. The molecule has 0 atom stereocenters. The number of hydrogen-bond acceptors (Lipinski definition) is 3. The number of hydrogen-bond donors (Lipinski definition) is 0. The number of rotatable bonds is 3. The third-order valence-corrected chi connectivity index (χ3v) is 3.06. The minimum absolute atomic E-state index is 0.0512. The summed E-state index contributed by atoms with van der Waals surface area (Å²) in [5, 5.41) is 8.61. The fourth-order valence-corrected chi connectivity index (χ4v) is 1.87. The second kappa shape index (κ2) is 3.09. The Bertz CT molecular complexity index is 310. The first-order valence-electron chi connectivity index (χ1n) is 4.87. The van der Waals surface area contributed by atoms with Crippen LogP contribution in [0.1, 0.15) is 32.1 Å². The van der Waals surface area contributed by atoms with Crippen molar-refractivity contribution in [3.63, 3.8) is 0 Å². The van der Waals surface area contributed by atoms with Gasteiger partial charge in [0.05, 0.1) is 6.07 Å². The molecule has 1 heterocycles. The molecule has 1 aliphatic heterocycles. The molecule has 74 valence electrons.